The quantitative estimate of drug-likeness (QED) is 0.537. The molecular weight excluding hydrogens is 300 g/mol. The molecule has 1 amide bonds. The number of amides is 1. The van der Waals surface area contributed by atoms with Crippen LogP contribution in [-0.4, -0.2) is 5.91 Å². The Hall–Kier alpha value is -3.10. The molecule has 5 nitrogen and oxygen atoms in total. The lowest BCUT2D eigenvalue weighted by Gasteiger charge is -2.06. The van der Waals surface area contributed by atoms with Crippen molar-refractivity contribution in [2.75, 3.05) is 0 Å². The van der Waals surface area contributed by atoms with E-state index in [9.17, 15) is 4.79 Å². The first kappa shape index (κ1) is 17.3. The number of hydrogen-bond donors (Lipinski definition) is 3. The SMILES string of the molecule is N#C/C(=C/NCc1cccc(CN)c1)C(=O)NCc1ccccc1. The number of nitrogens with zero attached hydrogens (tertiary/aromatic N) is 1. The van der Waals surface area contributed by atoms with Crippen molar-refractivity contribution in [3.63, 3.8) is 0 Å². The van der Waals surface area contributed by atoms with Crippen molar-refractivity contribution < 1.29 is 4.79 Å². The van der Waals surface area contributed by atoms with E-state index in [-0.39, 0.29) is 5.57 Å². The zero-order valence-corrected chi connectivity index (χ0v) is 13.3. The minimum Gasteiger partial charge on any atom is -0.386 e. The fraction of sp³-hybridized carbons (Fsp3) is 0.158. The summed E-state index contributed by atoms with van der Waals surface area (Å²) in [6.07, 6.45) is 1.44. The zero-order chi connectivity index (χ0) is 17.2. The number of hydrogen-bond acceptors (Lipinski definition) is 4. The van der Waals surface area contributed by atoms with Crippen molar-refractivity contribution in [1.82, 2.24) is 10.6 Å². The van der Waals surface area contributed by atoms with Gasteiger partial charge in [0.15, 0.2) is 0 Å². The molecule has 4 N–H and O–H groups in total. The van der Waals surface area contributed by atoms with Gasteiger partial charge in [-0.15, -0.1) is 0 Å². The van der Waals surface area contributed by atoms with Gasteiger partial charge in [-0.05, 0) is 16.7 Å². The molecule has 0 heterocycles. The van der Waals surface area contributed by atoms with E-state index in [1.165, 1.54) is 6.20 Å². The highest BCUT2D eigenvalue weighted by Gasteiger charge is 2.08. The molecule has 2 rings (SSSR count). The first-order valence-corrected chi connectivity index (χ1v) is 7.66. The molecule has 0 aromatic heterocycles. The average molecular weight is 320 g/mol. The maximum atomic E-state index is 12.0. The van der Waals surface area contributed by atoms with Crippen LogP contribution in [0.5, 0.6) is 0 Å². The number of rotatable bonds is 7. The molecule has 5 heteroatoms. The third kappa shape index (κ3) is 5.27. The largest absolute Gasteiger partial charge is 0.386 e. The maximum absolute atomic E-state index is 12.0. The van der Waals surface area contributed by atoms with Crippen LogP contribution in [0.1, 0.15) is 16.7 Å². The van der Waals surface area contributed by atoms with Crippen molar-refractivity contribution in [2.45, 2.75) is 19.6 Å². The first-order valence-electron chi connectivity index (χ1n) is 7.66. The third-order valence-corrected chi connectivity index (χ3v) is 3.44. The smallest absolute Gasteiger partial charge is 0.263 e. The Bertz CT molecular complexity index is 747. The maximum Gasteiger partial charge on any atom is 0.263 e. The molecule has 0 aliphatic heterocycles. The molecule has 0 aliphatic carbocycles. The van der Waals surface area contributed by atoms with Crippen LogP contribution in [0.2, 0.25) is 0 Å². The second-order valence-corrected chi connectivity index (χ2v) is 5.24. The minimum absolute atomic E-state index is 0.0425. The number of benzene rings is 2. The lowest BCUT2D eigenvalue weighted by Crippen LogP contribution is -2.25. The number of carbonyl (C=O) groups excluding carboxylic acids is 1. The molecule has 0 bridgehead atoms. The Morgan fingerprint density at radius 1 is 1.04 bits per heavy atom. The van der Waals surface area contributed by atoms with Crippen LogP contribution in [0.25, 0.3) is 0 Å². The van der Waals surface area contributed by atoms with Crippen molar-refractivity contribution in [3.8, 4) is 6.07 Å². The minimum atomic E-state index is -0.399. The van der Waals surface area contributed by atoms with Crippen molar-refractivity contribution in [1.29, 1.82) is 5.26 Å². The molecule has 122 valence electrons. The number of carbonyl (C=O) groups is 1. The van der Waals surface area contributed by atoms with Crippen LogP contribution < -0.4 is 16.4 Å². The van der Waals surface area contributed by atoms with Gasteiger partial charge in [0.25, 0.3) is 5.91 Å². The van der Waals surface area contributed by atoms with E-state index in [1.807, 2.05) is 60.7 Å². The molecule has 0 atom stereocenters. The van der Waals surface area contributed by atoms with Crippen molar-refractivity contribution in [3.05, 3.63) is 83.1 Å². The third-order valence-electron chi connectivity index (χ3n) is 3.44. The molecule has 24 heavy (non-hydrogen) atoms. The summed E-state index contributed by atoms with van der Waals surface area (Å²) in [5.41, 5.74) is 8.71. The molecule has 0 spiro atoms. The molecule has 0 saturated carbocycles. The number of nitrogens with two attached hydrogens (primary N) is 1. The average Bonchev–Trinajstić information content (AvgIpc) is 2.64. The lowest BCUT2D eigenvalue weighted by atomic mass is 10.1. The topological polar surface area (TPSA) is 90.9 Å². The fourth-order valence-electron chi connectivity index (χ4n) is 2.16. The van der Waals surface area contributed by atoms with Gasteiger partial charge in [-0.1, -0.05) is 54.6 Å². The molecule has 0 radical (unpaired) electrons. The molecule has 2 aromatic carbocycles. The van der Waals surface area contributed by atoms with Gasteiger partial charge < -0.3 is 16.4 Å². The lowest BCUT2D eigenvalue weighted by molar-refractivity contribution is -0.117. The Balaban J connectivity index is 1.88. The Labute approximate surface area is 141 Å². The molecule has 0 aliphatic rings. The summed E-state index contributed by atoms with van der Waals surface area (Å²) in [4.78, 5) is 12.0. The van der Waals surface area contributed by atoms with Crippen molar-refractivity contribution >= 4 is 5.91 Å². The summed E-state index contributed by atoms with van der Waals surface area (Å²) in [6.45, 7) is 1.39. The van der Waals surface area contributed by atoms with E-state index >= 15 is 0 Å². The highest BCUT2D eigenvalue weighted by atomic mass is 16.1. The van der Waals surface area contributed by atoms with E-state index in [2.05, 4.69) is 10.6 Å². The standard InChI is InChI=1S/C19H20N4O/c20-10-16-7-4-8-17(9-16)12-22-14-18(11-21)19(24)23-13-15-5-2-1-3-6-15/h1-9,14,22H,10,12-13,20H2,(H,23,24)/b18-14-. The highest BCUT2D eigenvalue weighted by Crippen LogP contribution is 2.04. The normalized spacial score (nSPS) is 10.8. The van der Waals surface area contributed by atoms with Gasteiger partial charge in [0, 0.05) is 25.8 Å². The van der Waals surface area contributed by atoms with E-state index in [4.69, 9.17) is 11.0 Å². The van der Waals surface area contributed by atoms with Gasteiger partial charge in [-0.2, -0.15) is 5.26 Å². The van der Waals surface area contributed by atoms with E-state index in [0.29, 0.717) is 19.6 Å². The number of nitrogens with one attached hydrogen (secondary N) is 2. The monoisotopic (exact) mass is 320 g/mol. The molecule has 0 unspecified atom stereocenters. The van der Waals surface area contributed by atoms with Gasteiger partial charge in [0.05, 0.1) is 0 Å². The zero-order valence-electron chi connectivity index (χ0n) is 13.3. The fourth-order valence-corrected chi connectivity index (χ4v) is 2.16. The summed E-state index contributed by atoms with van der Waals surface area (Å²) in [6, 6.07) is 19.3. The highest BCUT2D eigenvalue weighted by molar-refractivity contribution is 5.97. The summed E-state index contributed by atoms with van der Waals surface area (Å²) in [5, 5.41) is 14.9. The van der Waals surface area contributed by atoms with Gasteiger partial charge in [-0.25, -0.2) is 0 Å². The van der Waals surface area contributed by atoms with Gasteiger partial charge in [0.2, 0.25) is 0 Å². The van der Waals surface area contributed by atoms with Crippen LogP contribution in [-0.2, 0) is 24.4 Å². The molecule has 2 aromatic rings. The van der Waals surface area contributed by atoms with Gasteiger partial charge in [-0.3, -0.25) is 4.79 Å². The van der Waals surface area contributed by atoms with E-state index in [0.717, 1.165) is 16.7 Å². The van der Waals surface area contributed by atoms with E-state index < -0.39 is 5.91 Å². The molecular formula is C19H20N4O. The Kier molecular flexibility index (Phi) is 6.57. The van der Waals surface area contributed by atoms with E-state index in [1.54, 1.807) is 0 Å². The second-order valence-electron chi connectivity index (χ2n) is 5.24. The van der Waals surface area contributed by atoms with Crippen LogP contribution in [0.3, 0.4) is 0 Å². The predicted molar refractivity (Wildman–Crippen MR) is 93.2 cm³/mol. The summed E-state index contributed by atoms with van der Waals surface area (Å²) in [5.74, 6) is -0.399. The summed E-state index contributed by atoms with van der Waals surface area (Å²) < 4.78 is 0. The molecule has 0 fully saturated rings. The van der Waals surface area contributed by atoms with Crippen LogP contribution in [0.15, 0.2) is 66.4 Å². The summed E-state index contributed by atoms with van der Waals surface area (Å²) in [7, 11) is 0. The first-order chi connectivity index (χ1) is 11.7. The van der Waals surface area contributed by atoms with Crippen LogP contribution in [0, 0.1) is 11.3 Å². The Morgan fingerprint density at radius 2 is 1.75 bits per heavy atom. The van der Waals surface area contributed by atoms with Gasteiger partial charge in [0.1, 0.15) is 11.6 Å². The predicted octanol–water partition coefficient (Wildman–Crippen LogP) is 1.96. The van der Waals surface area contributed by atoms with Gasteiger partial charge >= 0.3 is 0 Å². The second kappa shape index (κ2) is 9.13. The number of nitriles is 1. The Morgan fingerprint density at radius 3 is 2.46 bits per heavy atom. The van der Waals surface area contributed by atoms with Crippen molar-refractivity contribution in [2.24, 2.45) is 5.73 Å². The van der Waals surface area contributed by atoms with Crippen LogP contribution in [0.4, 0.5) is 0 Å². The molecule has 0 saturated heterocycles. The van der Waals surface area contributed by atoms with Crippen LogP contribution >= 0.6 is 0 Å². The summed E-state index contributed by atoms with van der Waals surface area (Å²) >= 11 is 0.